The van der Waals surface area contributed by atoms with Gasteiger partial charge in [-0.05, 0) is 16.7 Å². The molecule has 0 bridgehead atoms. The van der Waals surface area contributed by atoms with Crippen molar-refractivity contribution < 1.29 is 23.7 Å². The first-order chi connectivity index (χ1) is 17.6. The molecule has 190 valence electrons. The van der Waals surface area contributed by atoms with Gasteiger partial charge in [0.15, 0.2) is 0 Å². The maximum atomic E-state index is 11.9. The van der Waals surface area contributed by atoms with Crippen LogP contribution in [0.5, 0.6) is 0 Å². The maximum absolute atomic E-state index is 11.9. The molecule has 3 aromatic rings. The Morgan fingerprint density at radius 3 is 1.75 bits per heavy atom. The van der Waals surface area contributed by atoms with Crippen molar-refractivity contribution in [1.82, 2.24) is 5.32 Å². The van der Waals surface area contributed by atoms with Gasteiger partial charge < -0.3 is 24.3 Å². The second-order valence-electron chi connectivity index (χ2n) is 8.76. The number of carbonyl (C=O) groups excluding carboxylic acids is 1. The number of rotatable bonds is 11. The maximum Gasteiger partial charge on any atom is 0.218 e. The van der Waals surface area contributed by atoms with Crippen LogP contribution in [-0.4, -0.2) is 42.4 Å². The summed E-state index contributed by atoms with van der Waals surface area (Å²) < 4.78 is 25.0. The molecule has 0 radical (unpaired) electrons. The molecule has 0 unspecified atom stereocenters. The van der Waals surface area contributed by atoms with Crippen LogP contribution in [-0.2, 0) is 43.6 Å². The van der Waals surface area contributed by atoms with E-state index < -0.39 is 29.9 Å². The molecule has 0 aliphatic carbocycles. The van der Waals surface area contributed by atoms with Crippen LogP contribution in [0.4, 0.5) is 0 Å². The van der Waals surface area contributed by atoms with E-state index in [1.807, 2.05) is 91.0 Å². The normalized spacial score (nSPS) is 23.8. The Morgan fingerprint density at radius 2 is 1.25 bits per heavy atom. The Hall–Kier alpha value is -2.74. The van der Waals surface area contributed by atoms with Gasteiger partial charge in [-0.2, -0.15) is 0 Å². The fourth-order valence-corrected chi connectivity index (χ4v) is 4.48. The van der Waals surface area contributed by atoms with Gasteiger partial charge in [-0.1, -0.05) is 91.0 Å². The highest BCUT2D eigenvalue weighted by atomic mass is 35.5. The summed E-state index contributed by atoms with van der Waals surface area (Å²) in [5, 5.41) is 2.14. The second kappa shape index (κ2) is 13.5. The predicted molar refractivity (Wildman–Crippen MR) is 138 cm³/mol. The molecule has 0 aromatic heterocycles. The number of amides is 1. The average Bonchev–Trinajstić information content (AvgIpc) is 2.90. The molecule has 1 fully saturated rings. The van der Waals surface area contributed by atoms with Crippen molar-refractivity contribution in [1.29, 1.82) is 0 Å². The van der Waals surface area contributed by atoms with Crippen LogP contribution < -0.4 is 5.32 Å². The van der Waals surface area contributed by atoms with Crippen LogP contribution in [0.15, 0.2) is 91.0 Å². The standard InChI is InChI=1S/C29H32ClNO5/c1-21(32)31-29-26(30)28(35-19-24-15-9-4-10-16-24)27(34-18-23-13-7-3-8-14-23)25(36-29)20-33-17-22-11-5-2-6-12-22/h2-16,25-29H,17-20H2,1H3,(H,31,32)/t25-,26-,27+,28-,29+/m1/s1. The molecule has 7 heteroatoms. The van der Waals surface area contributed by atoms with Crippen LogP contribution in [0.2, 0.25) is 0 Å². The van der Waals surface area contributed by atoms with E-state index in [9.17, 15) is 4.79 Å². The van der Waals surface area contributed by atoms with E-state index in [2.05, 4.69) is 5.32 Å². The number of alkyl halides is 1. The fourth-order valence-electron chi connectivity index (χ4n) is 4.14. The number of nitrogens with one attached hydrogen (secondary N) is 1. The zero-order valence-corrected chi connectivity index (χ0v) is 21.1. The number of ether oxygens (including phenoxy) is 4. The highest BCUT2D eigenvalue weighted by Crippen LogP contribution is 2.30. The van der Waals surface area contributed by atoms with Gasteiger partial charge in [-0.3, -0.25) is 4.79 Å². The number of benzene rings is 3. The monoisotopic (exact) mass is 509 g/mol. The number of hydrogen-bond donors (Lipinski definition) is 1. The molecule has 1 N–H and O–H groups in total. The third-order valence-electron chi connectivity index (χ3n) is 5.92. The topological polar surface area (TPSA) is 66.0 Å². The Bertz CT molecular complexity index is 1050. The van der Waals surface area contributed by atoms with Crippen molar-refractivity contribution in [3.63, 3.8) is 0 Å². The lowest BCUT2D eigenvalue weighted by atomic mass is 9.99. The van der Waals surface area contributed by atoms with E-state index in [0.29, 0.717) is 19.8 Å². The van der Waals surface area contributed by atoms with E-state index in [-0.39, 0.29) is 12.5 Å². The van der Waals surface area contributed by atoms with E-state index in [0.717, 1.165) is 16.7 Å². The molecule has 3 aromatic carbocycles. The van der Waals surface area contributed by atoms with Crippen molar-refractivity contribution in [3.8, 4) is 0 Å². The largest absolute Gasteiger partial charge is 0.374 e. The highest BCUT2D eigenvalue weighted by molar-refractivity contribution is 6.21. The van der Waals surface area contributed by atoms with Gasteiger partial charge in [0.05, 0.1) is 26.4 Å². The van der Waals surface area contributed by atoms with Gasteiger partial charge >= 0.3 is 0 Å². The van der Waals surface area contributed by atoms with E-state index in [1.54, 1.807) is 0 Å². The molecule has 1 amide bonds. The Kier molecular flexibility index (Phi) is 9.90. The highest BCUT2D eigenvalue weighted by Gasteiger charge is 2.47. The molecule has 0 spiro atoms. The van der Waals surface area contributed by atoms with Crippen molar-refractivity contribution in [3.05, 3.63) is 108 Å². The first kappa shape index (κ1) is 26.3. The van der Waals surface area contributed by atoms with Crippen molar-refractivity contribution in [2.45, 2.75) is 56.7 Å². The lowest BCUT2D eigenvalue weighted by Gasteiger charge is -2.44. The van der Waals surface area contributed by atoms with Gasteiger partial charge in [0, 0.05) is 6.92 Å². The number of carbonyl (C=O) groups is 1. The average molecular weight is 510 g/mol. The van der Waals surface area contributed by atoms with Gasteiger partial charge in [0.25, 0.3) is 0 Å². The summed E-state index contributed by atoms with van der Waals surface area (Å²) in [6.07, 6.45) is -2.32. The van der Waals surface area contributed by atoms with Crippen LogP contribution in [0.3, 0.4) is 0 Å². The predicted octanol–water partition coefficient (Wildman–Crippen LogP) is 4.84. The second-order valence-corrected chi connectivity index (χ2v) is 9.27. The molecule has 1 heterocycles. The minimum atomic E-state index is -0.744. The van der Waals surface area contributed by atoms with Crippen LogP contribution in [0.25, 0.3) is 0 Å². The van der Waals surface area contributed by atoms with Crippen LogP contribution in [0.1, 0.15) is 23.6 Å². The minimum absolute atomic E-state index is 0.236. The molecule has 6 nitrogen and oxygen atoms in total. The first-order valence-corrected chi connectivity index (χ1v) is 12.5. The number of hydrogen-bond acceptors (Lipinski definition) is 5. The molecule has 0 saturated carbocycles. The zero-order valence-electron chi connectivity index (χ0n) is 20.3. The van der Waals surface area contributed by atoms with Gasteiger partial charge in [-0.15, -0.1) is 11.6 Å². The van der Waals surface area contributed by atoms with E-state index in [4.69, 9.17) is 30.5 Å². The lowest BCUT2D eigenvalue weighted by Crippen LogP contribution is -2.62. The summed E-state index contributed by atoms with van der Waals surface area (Å²) in [7, 11) is 0. The van der Waals surface area contributed by atoms with E-state index in [1.165, 1.54) is 6.92 Å². The molecule has 1 aliphatic rings. The minimum Gasteiger partial charge on any atom is -0.374 e. The SMILES string of the molecule is CC(=O)N[C@H]1O[C@H](COCc2ccccc2)[C@H](OCc2ccccc2)[C@H](OCc2ccccc2)[C@H]1Cl. The summed E-state index contributed by atoms with van der Waals surface area (Å²) in [5.41, 5.74) is 3.10. The van der Waals surface area contributed by atoms with Crippen LogP contribution in [0, 0.1) is 0 Å². The van der Waals surface area contributed by atoms with Gasteiger partial charge in [0.1, 0.15) is 29.9 Å². The third-order valence-corrected chi connectivity index (χ3v) is 6.40. The molecule has 36 heavy (non-hydrogen) atoms. The van der Waals surface area contributed by atoms with Gasteiger partial charge in [0.2, 0.25) is 5.91 Å². The third kappa shape index (κ3) is 7.63. The molecular formula is C29H32ClNO5. The van der Waals surface area contributed by atoms with Gasteiger partial charge in [-0.25, -0.2) is 0 Å². The molecular weight excluding hydrogens is 478 g/mol. The molecule has 1 aliphatic heterocycles. The summed E-state index contributed by atoms with van der Waals surface area (Å²) in [6, 6.07) is 29.7. The lowest BCUT2D eigenvalue weighted by molar-refractivity contribution is -0.223. The fraction of sp³-hybridized carbons (Fsp3) is 0.345. The smallest absolute Gasteiger partial charge is 0.218 e. The molecule has 4 rings (SSSR count). The summed E-state index contributed by atoms with van der Waals surface area (Å²) in [4.78, 5) is 11.9. The number of halogens is 1. The van der Waals surface area contributed by atoms with Crippen molar-refractivity contribution >= 4 is 17.5 Å². The van der Waals surface area contributed by atoms with Crippen molar-refractivity contribution in [2.24, 2.45) is 0 Å². The van der Waals surface area contributed by atoms with Crippen LogP contribution >= 0.6 is 11.6 Å². The summed E-state index contributed by atoms with van der Waals surface area (Å²) >= 11 is 6.85. The Morgan fingerprint density at radius 1 is 0.778 bits per heavy atom. The molecule has 1 saturated heterocycles. The quantitative estimate of drug-likeness (QED) is 0.375. The van der Waals surface area contributed by atoms with E-state index >= 15 is 0 Å². The summed E-state index contributed by atoms with van der Waals surface area (Å²) in [5.74, 6) is -0.236. The Balaban J connectivity index is 1.52. The first-order valence-electron chi connectivity index (χ1n) is 12.1. The Labute approximate surface area is 217 Å². The molecule has 5 atom stereocenters. The summed E-state index contributed by atoms with van der Waals surface area (Å²) in [6.45, 7) is 2.83. The van der Waals surface area contributed by atoms with Crippen molar-refractivity contribution in [2.75, 3.05) is 6.61 Å². The zero-order chi connectivity index (χ0) is 25.2.